The van der Waals surface area contributed by atoms with E-state index in [1.807, 2.05) is 55.5 Å². The summed E-state index contributed by atoms with van der Waals surface area (Å²) in [5, 5.41) is 3.37. The Bertz CT molecular complexity index is 705. The highest BCUT2D eigenvalue weighted by Crippen LogP contribution is 2.35. The van der Waals surface area contributed by atoms with Crippen molar-refractivity contribution in [1.82, 2.24) is 0 Å². The maximum absolute atomic E-state index is 12.0. The second kappa shape index (κ2) is 5.40. The first-order valence-corrected chi connectivity index (χ1v) is 6.78. The van der Waals surface area contributed by atoms with Gasteiger partial charge in [0.2, 0.25) is 0 Å². The lowest BCUT2D eigenvalue weighted by atomic mass is 9.98. The molecule has 4 heteroatoms. The van der Waals surface area contributed by atoms with Crippen LogP contribution in [0.1, 0.15) is 17.2 Å². The van der Waals surface area contributed by atoms with Gasteiger partial charge in [-0.15, -0.1) is 0 Å². The molecule has 2 aromatic carbocycles. The highest BCUT2D eigenvalue weighted by molar-refractivity contribution is 6.40. The minimum absolute atomic E-state index is 0.298. The van der Waals surface area contributed by atoms with E-state index in [1.165, 1.54) is 12.7 Å². The molecule has 0 radical (unpaired) electrons. The summed E-state index contributed by atoms with van der Waals surface area (Å²) in [5.74, 6) is -0.414. The lowest BCUT2D eigenvalue weighted by Crippen LogP contribution is -2.31. The van der Waals surface area contributed by atoms with Crippen molar-refractivity contribution < 1.29 is 9.53 Å². The topological polar surface area (TPSA) is 50.7 Å². The predicted octanol–water partition coefficient (Wildman–Crippen LogP) is 3.41. The highest BCUT2D eigenvalue weighted by atomic mass is 16.5. The summed E-state index contributed by atoms with van der Waals surface area (Å²) in [6.07, 6.45) is 0. The van der Waals surface area contributed by atoms with Crippen LogP contribution in [0.4, 0.5) is 11.4 Å². The largest absolute Gasteiger partial charge is 0.464 e. The van der Waals surface area contributed by atoms with Gasteiger partial charge >= 0.3 is 5.97 Å². The Morgan fingerprint density at radius 1 is 1.14 bits per heavy atom. The van der Waals surface area contributed by atoms with Gasteiger partial charge in [0.15, 0.2) is 5.71 Å². The van der Waals surface area contributed by atoms with Crippen LogP contribution in [-0.2, 0) is 9.53 Å². The Labute approximate surface area is 123 Å². The summed E-state index contributed by atoms with van der Waals surface area (Å²) in [5.41, 5.74) is 4.20. The van der Waals surface area contributed by atoms with Crippen LogP contribution >= 0.6 is 0 Å². The minimum atomic E-state index is -0.414. The van der Waals surface area contributed by atoms with Gasteiger partial charge in [0, 0.05) is 0 Å². The second-order valence-electron chi connectivity index (χ2n) is 4.99. The molecular formula is C17H16N2O2. The average molecular weight is 280 g/mol. The molecule has 106 valence electrons. The number of ether oxygens (including phenoxy) is 1. The first-order valence-electron chi connectivity index (χ1n) is 6.78. The summed E-state index contributed by atoms with van der Waals surface area (Å²) in [7, 11) is 1.37. The maximum atomic E-state index is 12.0. The van der Waals surface area contributed by atoms with E-state index in [2.05, 4.69) is 10.3 Å². The first-order chi connectivity index (χ1) is 10.2. The van der Waals surface area contributed by atoms with Gasteiger partial charge in [0.1, 0.15) is 6.04 Å². The number of rotatable bonds is 2. The van der Waals surface area contributed by atoms with E-state index < -0.39 is 5.97 Å². The molecule has 0 bridgehead atoms. The van der Waals surface area contributed by atoms with E-state index in [-0.39, 0.29) is 6.04 Å². The minimum Gasteiger partial charge on any atom is -0.464 e. The fourth-order valence-corrected chi connectivity index (χ4v) is 2.38. The van der Waals surface area contributed by atoms with Crippen LogP contribution in [0.2, 0.25) is 0 Å². The van der Waals surface area contributed by atoms with Crippen molar-refractivity contribution in [3.63, 3.8) is 0 Å². The van der Waals surface area contributed by atoms with E-state index in [0.717, 1.165) is 16.9 Å². The summed E-state index contributed by atoms with van der Waals surface area (Å²) in [6.45, 7) is 2.03. The van der Waals surface area contributed by atoms with Gasteiger partial charge in [0.05, 0.1) is 18.5 Å². The van der Waals surface area contributed by atoms with Gasteiger partial charge in [-0.1, -0.05) is 42.0 Å². The molecule has 0 spiro atoms. The number of esters is 1. The van der Waals surface area contributed by atoms with Crippen LogP contribution in [0.25, 0.3) is 0 Å². The number of carbonyl (C=O) groups excluding carboxylic acids is 1. The Morgan fingerprint density at radius 3 is 2.57 bits per heavy atom. The highest BCUT2D eigenvalue weighted by Gasteiger charge is 2.29. The summed E-state index contributed by atoms with van der Waals surface area (Å²) < 4.78 is 4.87. The van der Waals surface area contributed by atoms with Crippen molar-refractivity contribution in [2.24, 2.45) is 4.99 Å². The molecule has 1 atom stereocenters. The Morgan fingerprint density at radius 2 is 1.86 bits per heavy atom. The van der Waals surface area contributed by atoms with Crippen molar-refractivity contribution >= 4 is 23.1 Å². The second-order valence-corrected chi connectivity index (χ2v) is 4.99. The van der Waals surface area contributed by atoms with Crippen molar-refractivity contribution in [3.8, 4) is 0 Å². The molecule has 1 aliphatic heterocycles. The number of carbonyl (C=O) groups is 1. The number of hydrogen-bond acceptors (Lipinski definition) is 4. The maximum Gasteiger partial charge on any atom is 0.354 e. The fourth-order valence-electron chi connectivity index (χ4n) is 2.38. The fraction of sp³-hybridized carbons (Fsp3) is 0.176. The van der Waals surface area contributed by atoms with E-state index in [4.69, 9.17) is 4.74 Å². The zero-order valence-corrected chi connectivity index (χ0v) is 12.0. The van der Waals surface area contributed by atoms with E-state index in [9.17, 15) is 4.79 Å². The van der Waals surface area contributed by atoms with Crippen molar-refractivity contribution in [2.75, 3.05) is 12.4 Å². The van der Waals surface area contributed by atoms with Crippen molar-refractivity contribution in [1.29, 1.82) is 0 Å². The molecular weight excluding hydrogens is 264 g/mol. The molecule has 1 aliphatic rings. The molecule has 2 aromatic rings. The lowest BCUT2D eigenvalue weighted by molar-refractivity contribution is -0.132. The monoisotopic (exact) mass is 280 g/mol. The molecule has 0 saturated carbocycles. The molecule has 0 saturated heterocycles. The Hall–Kier alpha value is -2.62. The van der Waals surface area contributed by atoms with Gasteiger partial charge in [-0.3, -0.25) is 0 Å². The number of benzene rings is 2. The lowest BCUT2D eigenvalue weighted by Gasteiger charge is -2.26. The van der Waals surface area contributed by atoms with Gasteiger partial charge < -0.3 is 10.1 Å². The molecule has 0 aromatic heterocycles. The van der Waals surface area contributed by atoms with Crippen LogP contribution in [0.3, 0.4) is 0 Å². The van der Waals surface area contributed by atoms with E-state index in [1.54, 1.807) is 0 Å². The van der Waals surface area contributed by atoms with Crippen LogP contribution in [-0.4, -0.2) is 18.8 Å². The number of fused-ring (bicyclic) bond motifs is 1. The molecule has 0 aliphatic carbocycles. The van der Waals surface area contributed by atoms with Crippen LogP contribution in [0.5, 0.6) is 0 Å². The van der Waals surface area contributed by atoms with Crippen molar-refractivity contribution in [3.05, 3.63) is 59.7 Å². The number of nitrogens with one attached hydrogen (secondary N) is 1. The number of para-hydroxylation sites is 2. The molecule has 21 heavy (non-hydrogen) atoms. The van der Waals surface area contributed by atoms with Crippen LogP contribution in [0, 0.1) is 6.92 Å². The molecule has 1 heterocycles. The third-order valence-corrected chi connectivity index (χ3v) is 3.52. The molecule has 1 unspecified atom stereocenters. The number of aliphatic imine (C=N–C) groups is 1. The third kappa shape index (κ3) is 2.52. The molecule has 3 rings (SSSR count). The van der Waals surface area contributed by atoms with E-state index in [0.29, 0.717) is 5.71 Å². The smallest absolute Gasteiger partial charge is 0.354 e. The number of aryl methyl sites for hydroxylation is 1. The van der Waals surface area contributed by atoms with Crippen molar-refractivity contribution in [2.45, 2.75) is 13.0 Å². The van der Waals surface area contributed by atoms with Gasteiger partial charge in [0.25, 0.3) is 0 Å². The van der Waals surface area contributed by atoms with Gasteiger partial charge in [-0.2, -0.15) is 0 Å². The quantitative estimate of drug-likeness (QED) is 0.858. The number of nitrogens with zero attached hydrogens (tertiary/aromatic N) is 1. The zero-order valence-electron chi connectivity index (χ0n) is 12.0. The SMILES string of the molecule is COC(=O)C1=Nc2ccccc2NC1c1ccc(C)cc1. The standard InChI is InChI=1S/C17H16N2O2/c1-11-7-9-12(10-8-11)15-16(17(20)21-2)19-14-6-4-3-5-13(14)18-15/h3-10,15,18H,1-2H3. The first kappa shape index (κ1) is 13.4. The summed E-state index contributed by atoms with van der Waals surface area (Å²) >= 11 is 0. The normalized spacial score (nSPS) is 16.5. The Balaban J connectivity index is 2.07. The van der Waals surface area contributed by atoms with Gasteiger partial charge in [-0.25, -0.2) is 9.79 Å². The number of hydrogen-bond donors (Lipinski definition) is 1. The molecule has 1 N–H and O–H groups in total. The van der Waals surface area contributed by atoms with Crippen LogP contribution < -0.4 is 5.32 Å². The number of methoxy groups -OCH3 is 1. The van der Waals surface area contributed by atoms with E-state index >= 15 is 0 Å². The predicted molar refractivity (Wildman–Crippen MR) is 83.1 cm³/mol. The van der Waals surface area contributed by atoms with Crippen LogP contribution in [0.15, 0.2) is 53.5 Å². The molecule has 4 nitrogen and oxygen atoms in total. The number of anilines is 1. The zero-order chi connectivity index (χ0) is 14.8. The average Bonchev–Trinajstić information content (AvgIpc) is 2.53. The molecule has 0 fully saturated rings. The third-order valence-electron chi connectivity index (χ3n) is 3.52. The molecule has 0 amide bonds. The summed E-state index contributed by atoms with van der Waals surface area (Å²) in [6, 6.07) is 15.4. The van der Waals surface area contributed by atoms with Gasteiger partial charge in [-0.05, 0) is 24.6 Å². The summed E-state index contributed by atoms with van der Waals surface area (Å²) in [4.78, 5) is 16.5. The Kier molecular flexibility index (Phi) is 3.44.